The number of halogens is 2. The zero-order valence-electron chi connectivity index (χ0n) is 16.5. The zero-order valence-corrected chi connectivity index (χ0v) is 17.3. The molecule has 0 bridgehead atoms. The Morgan fingerprint density at radius 2 is 1.58 bits per heavy atom. The number of anilines is 2. The van der Waals surface area contributed by atoms with Crippen molar-refractivity contribution in [2.45, 2.75) is 4.90 Å². The van der Waals surface area contributed by atoms with E-state index in [9.17, 15) is 22.0 Å². The lowest BCUT2D eigenvalue weighted by molar-refractivity contribution is 0.102. The van der Waals surface area contributed by atoms with Crippen molar-refractivity contribution in [3.63, 3.8) is 0 Å². The molecule has 0 fully saturated rings. The van der Waals surface area contributed by atoms with E-state index in [0.29, 0.717) is 5.75 Å². The third-order valence-corrected chi connectivity index (χ3v) is 5.63. The number of hydrogen-bond donors (Lipinski definition) is 2. The van der Waals surface area contributed by atoms with Crippen LogP contribution in [0.15, 0.2) is 65.6 Å². The van der Waals surface area contributed by atoms with Gasteiger partial charge in [-0.15, -0.1) is 0 Å². The van der Waals surface area contributed by atoms with Crippen molar-refractivity contribution in [2.75, 3.05) is 24.3 Å². The van der Waals surface area contributed by atoms with Gasteiger partial charge in [-0.25, -0.2) is 17.2 Å². The SMILES string of the molecule is COc1ccc(NS(=O)(=O)c2ccc(NC(=O)c3ccccc3F)c(F)c2)c(OC)c1. The third-order valence-electron chi connectivity index (χ3n) is 4.27. The van der Waals surface area contributed by atoms with Crippen LogP contribution in [0, 0.1) is 11.6 Å². The predicted octanol–water partition coefficient (Wildman–Crippen LogP) is 4.04. The number of carbonyl (C=O) groups is 1. The Morgan fingerprint density at radius 3 is 2.23 bits per heavy atom. The molecule has 162 valence electrons. The highest BCUT2D eigenvalue weighted by Gasteiger charge is 2.20. The normalized spacial score (nSPS) is 11.0. The van der Waals surface area contributed by atoms with E-state index in [-0.39, 0.29) is 27.6 Å². The van der Waals surface area contributed by atoms with E-state index in [2.05, 4.69) is 10.0 Å². The fourth-order valence-corrected chi connectivity index (χ4v) is 3.77. The molecule has 0 atom stereocenters. The van der Waals surface area contributed by atoms with Crippen LogP contribution >= 0.6 is 0 Å². The highest BCUT2D eigenvalue weighted by molar-refractivity contribution is 7.92. The molecule has 0 saturated carbocycles. The van der Waals surface area contributed by atoms with Gasteiger partial charge in [0.2, 0.25) is 0 Å². The number of amides is 1. The first-order chi connectivity index (χ1) is 14.7. The van der Waals surface area contributed by atoms with Gasteiger partial charge >= 0.3 is 0 Å². The van der Waals surface area contributed by atoms with Crippen molar-refractivity contribution in [1.82, 2.24) is 0 Å². The van der Waals surface area contributed by atoms with Gasteiger partial charge in [-0.05, 0) is 42.5 Å². The van der Waals surface area contributed by atoms with Crippen LogP contribution in [0.3, 0.4) is 0 Å². The second kappa shape index (κ2) is 9.00. The van der Waals surface area contributed by atoms with Gasteiger partial charge in [0.1, 0.15) is 23.1 Å². The minimum absolute atomic E-state index is 0.126. The van der Waals surface area contributed by atoms with Crippen molar-refractivity contribution in [1.29, 1.82) is 0 Å². The van der Waals surface area contributed by atoms with Crippen LogP contribution in [0.25, 0.3) is 0 Å². The molecular formula is C21H18F2N2O5S. The van der Waals surface area contributed by atoms with Crippen LogP contribution in [-0.4, -0.2) is 28.5 Å². The van der Waals surface area contributed by atoms with Crippen LogP contribution in [0.1, 0.15) is 10.4 Å². The summed E-state index contributed by atoms with van der Waals surface area (Å²) in [5, 5.41) is 2.22. The first kappa shape index (κ1) is 22.0. The predicted molar refractivity (Wildman–Crippen MR) is 111 cm³/mol. The molecule has 0 aliphatic carbocycles. The van der Waals surface area contributed by atoms with Crippen molar-refractivity contribution < 1.29 is 31.5 Å². The molecule has 0 saturated heterocycles. The van der Waals surface area contributed by atoms with Gasteiger partial charge in [-0.1, -0.05) is 12.1 Å². The monoisotopic (exact) mass is 448 g/mol. The zero-order chi connectivity index (χ0) is 22.6. The summed E-state index contributed by atoms with van der Waals surface area (Å²) in [6.07, 6.45) is 0. The van der Waals surface area contributed by atoms with Crippen LogP contribution in [0.2, 0.25) is 0 Å². The summed E-state index contributed by atoms with van der Waals surface area (Å²) in [6, 6.07) is 12.6. The highest BCUT2D eigenvalue weighted by Crippen LogP contribution is 2.31. The van der Waals surface area contributed by atoms with Crippen molar-refractivity contribution >= 4 is 27.3 Å². The first-order valence-corrected chi connectivity index (χ1v) is 10.3. The maximum atomic E-state index is 14.5. The van der Waals surface area contributed by atoms with E-state index in [0.717, 1.165) is 24.3 Å². The summed E-state index contributed by atoms with van der Waals surface area (Å²) in [7, 11) is -1.36. The minimum Gasteiger partial charge on any atom is -0.497 e. The number of carbonyl (C=O) groups excluding carboxylic acids is 1. The molecule has 0 spiro atoms. The Hall–Kier alpha value is -3.66. The number of benzene rings is 3. The third kappa shape index (κ3) is 4.92. The van der Waals surface area contributed by atoms with E-state index in [1.807, 2.05) is 0 Å². The molecule has 2 N–H and O–H groups in total. The number of hydrogen-bond acceptors (Lipinski definition) is 5. The van der Waals surface area contributed by atoms with Crippen molar-refractivity contribution in [3.05, 3.63) is 77.9 Å². The van der Waals surface area contributed by atoms with Crippen molar-refractivity contribution in [3.8, 4) is 11.5 Å². The lowest BCUT2D eigenvalue weighted by Gasteiger charge is -2.14. The van der Waals surface area contributed by atoms with E-state index in [1.54, 1.807) is 0 Å². The molecule has 10 heteroatoms. The Balaban J connectivity index is 1.83. The highest BCUT2D eigenvalue weighted by atomic mass is 32.2. The maximum absolute atomic E-state index is 14.5. The standard InChI is InChI=1S/C21H18F2N2O5S/c1-29-13-7-9-19(20(11-13)30-2)25-31(27,28)14-8-10-18(17(23)12-14)24-21(26)15-5-3-4-6-16(15)22/h3-12,25H,1-2H3,(H,24,26). The number of methoxy groups -OCH3 is 2. The summed E-state index contributed by atoms with van der Waals surface area (Å²) in [5.74, 6) is -1.97. The molecule has 0 radical (unpaired) electrons. The average Bonchev–Trinajstić information content (AvgIpc) is 2.75. The Morgan fingerprint density at radius 1 is 0.871 bits per heavy atom. The molecule has 3 aromatic rings. The molecule has 0 aromatic heterocycles. The van der Waals surface area contributed by atoms with Crippen LogP contribution in [0.4, 0.5) is 20.2 Å². The van der Waals surface area contributed by atoms with Gasteiger partial charge in [-0.3, -0.25) is 9.52 Å². The number of sulfonamides is 1. The molecule has 7 nitrogen and oxygen atoms in total. The van der Waals surface area contributed by atoms with Gasteiger partial charge < -0.3 is 14.8 Å². The molecule has 0 aliphatic heterocycles. The van der Waals surface area contributed by atoms with Crippen LogP contribution < -0.4 is 19.5 Å². The summed E-state index contributed by atoms with van der Waals surface area (Å²) in [5.41, 5.74) is -0.443. The average molecular weight is 448 g/mol. The molecule has 1 amide bonds. The molecule has 3 aromatic carbocycles. The quantitative estimate of drug-likeness (QED) is 0.569. The van der Waals surface area contributed by atoms with Crippen molar-refractivity contribution in [2.24, 2.45) is 0 Å². The topological polar surface area (TPSA) is 93.7 Å². The smallest absolute Gasteiger partial charge is 0.262 e. The molecular weight excluding hydrogens is 430 g/mol. The number of ether oxygens (including phenoxy) is 2. The van der Waals surface area contributed by atoms with Crippen LogP contribution in [-0.2, 0) is 10.0 Å². The first-order valence-electron chi connectivity index (χ1n) is 8.85. The van der Waals surface area contributed by atoms with E-state index in [1.165, 1.54) is 50.6 Å². The van der Waals surface area contributed by atoms with E-state index < -0.39 is 27.6 Å². The molecule has 31 heavy (non-hydrogen) atoms. The van der Waals surface area contributed by atoms with E-state index >= 15 is 0 Å². The number of nitrogens with one attached hydrogen (secondary N) is 2. The lowest BCUT2D eigenvalue weighted by Crippen LogP contribution is -2.16. The van der Waals surface area contributed by atoms with Gasteiger partial charge in [-0.2, -0.15) is 0 Å². The molecule has 3 rings (SSSR count). The van der Waals surface area contributed by atoms with E-state index in [4.69, 9.17) is 9.47 Å². The Labute approximate surface area is 177 Å². The lowest BCUT2D eigenvalue weighted by atomic mass is 10.2. The van der Waals surface area contributed by atoms with Gasteiger partial charge in [0.05, 0.1) is 36.1 Å². The Kier molecular flexibility index (Phi) is 6.40. The summed E-state index contributed by atoms with van der Waals surface area (Å²) in [6.45, 7) is 0. The number of rotatable bonds is 7. The minimum atomic E-state index is -4.18. The fourth-order valence-electron chi connectivity index (χ4n) is 2.69. The molecule has 0 aliphatic rings. The second-order valence-electron chi connectivity index (χ2n) is 6.25. The van der Waals surface area contributed by atoms with Gasteiger partial charge in [0, 0.05) is 6.07 Å². The van der Waals surface area contributed by atoms with Gasteiger partial charge in [0.25, 0.3) is 15.9 Å². The Bertz CT molecular complexity index is 1230. The van der Waals surface area contributed by atoms with Gasteiger partial charge in [0.15, 0.2) is 0 Å². The summed E-state index contributed by atoms with van der Waals surface area (Å²) in [4.78, 5) is 11.8. The largest absolute Gasteiger partial charge is 0.497 e. The van der Waals surface area contributed by atoms with Crippen LogP contribution in [0.5, 0.6) is 11.5 Å². The summed E-state index contributed by atoms with van der Waals surface area (Å²) < 4.78 is 66.1. The maximum Gasteiger partial charge on any atom is 0.262 e. The molecule has 0 unspecified atom stereocenters. The molecule has 0 heterocycles. The second-order valence-corrected chi connectivity index (χ2v) is 7.93. The fraction of sp³-hybridized carbons (Fsp3) is 0.0952. The summed E-state index contributed by atoms with van der Waals surface area (Å²) >= 11 is 0.